The van der Waals surface area contributed by atoms with E-state index >= 15 is 0 Å². The summed E-state index contributed by atoms with van der Waals surface area (Å²) in [5.41, 5.74) is 2.78. The second kappa shape index (κ2) is 8.08. The van der Waals surface area contributed by atoms with E-state index in [4.69, 9.17) is 4.74 Å². The molecule has 3 rings (SSSR count). The van der Waals surface area contributed by atoms with Crippen LogP contribution in [0.4, 0.5) is 10.1 Å². The standard InChI is InChI=1S/C19H20BrFN2O2/c1-13-10-16(6-7-17(13)20)22-19(24)12-23-8-9-25-18(11-23)14-2-4-15(21)5-3-14/h2-7,10,18H,8-9,11-12H2,1H3,(H,22,24). The lowest BCUT2D eigenvalue weighted by Crippen LogP contribution is -2.42. The second-order valence-corrected chi connectivity index (χ2v) is 7.01. The molecule has 4 nitrogen and oxygen atoms in total. The van der Waals surface area contributed by atoms with Crippen LogP contribution in [-0.4, -0.2) is 37.0 Å². The van der Waals surface area contributed by atoms with E-state index < -0.39 is 0 Å². The first-order valence-electron chi connectivity index (χ1n) is 8.17. The van der Waals surface area contributed by atoms with Gasteiger partial charge in [0.2, 0.25) is 5.91 Å². The number of nitrogens with one attached hydrogen (secondary N) is 1. The molecule has 1 fully saturated rings. The molecule has 1 saturated heterocycles. The first-order valence-corrected chi connectivity index (χ1v) is 8.96. The topological polar surface area (TPSA) is 41.6 Å². The van der Waals surface area contributed by atoms with Crippen LogP contribution in [0.3, 0.4) is 0 Å². The summed E-state index contributed by atoms with van der Waals surface area (Å²) in [6, 6.07) is 12.0. The van der Waals surface area contributed by atoms with E-state index in [-0.39, 0.29) is 17.8 Å². The van der Waals surface area contributed by atoms with E-state index in [1.54, 1.807) is 12.1 Å². The maximum Gasteiger partial charge on any atom is 0.238 e. The summed E-state index contributed by atoms with van der Waals surface area (Å²) in [7, 11) is 0. The van der Waals surface area contributed by atoms with E-state index in [2.05, 4.69) is 26.1 Å². The largest absolute Gasteiger partial charge is 0.371 e. The summed E-state index contributed by atoms with van der Waals surface area (Å²) in [6.45, 7) is 4.14. The van der Waals surface area contributed by atoms with Crippen LogP contribution in [0.1, 0.15) is 17.2 Å². The van der Waals surface area contributed by atoms with Crippen LogP contribution in [0.2, 0.25) is 0 Å². The van der Waals surface area contributed by atoms with Gasteiger partial charge in [0.15, 0.2) is 0 Å². The van der Waals surface area contributed by atoms with Crippen LogP contribution in [0.5, 0.6) is 0 Å². The van der Waals surface area contributed by atoms with Gasteiger partial charge in [-0.1, -0.05) is 28.1 Å². The number of carbonyl (C=O) groups is 1. The lowest BCUT2D eigenvalue weighted by atomic mass is 10.1. The monoisotopic (exact) mass is 406 g/mol. The predicted molar refractivity (Wildman–Crippen MR) is 99.0 cm³/mol. The van der Waals surface area contributed by atoms with Gasteiger partial charge in [0.25, 0.3) is 0 Å². The summed E-state index contributed by atoms with van der Waals surface area (Å²) in [5, 5.41) is 2.93. The highest BCUT2D eigenvalue weighted by Crippen LogP contribution is 2.23. The van der Waals surface area contributed by atoms with Gasteiger partial charge in [0.05, 0.1) is 19.3 Å². The number of morpholine rings is 1. The second-order valence-electron chi connectivity index (χ2n) is 6.16. The maximum absolute atomic E-state index is 13.1. The van der Waals surface area contributed by atoms with Crippen LogP contribution >= 0.6 is 15.9 Å². The molecule has 1 unspecified atom stereocenters. The van der Waals surface area contributed by atoms with E-state index in [0.717, 1.165) is 21.3 Å². The Balaban J connectivity index is 1.57. The minimum Gasteiger partial charge on any atom is -0.371 e. The van der Waals surface area contributed by atoms with Crippen molar-refractivity contribution < 1.29 is 13.9 Å². The third kappa shape index (κ3) is 4.87. The van der Waals surface area contributed by atoms with E-state index in [1.807, 2.05) is 25.1 Å². The lowest BCUT2D eigenvalue weighted by molar-refractivity contribution is -0.119. The number of anilines is 1. The van der Waals surface area contributed by atoms with Gasteiger partial charge >= 0.3 is 0 Å². The van der Waals surface area contributed by atoms with Gasteiger partial charge in [-0.2, -0.15) is 0 Å². The average molecular weight is 407 g/mol. The molecule has 132 valence electrons. The molecule has 1 aliphatic heterocycles. The molecule has 25 heavy (non-hydrogen) atoms. The number of benzene rings is 2. The number of hydrogen-bond acceptors (Lipinski definition) is 3. The lowest BCUT2D eigenvalue weighted by Gasteiger charge is -2.32. The molecule has 0 radical (unpaired) electrons. The fourth-order valence-electron chi connectivity index (χ4n) is 2.85. The first kappa shape index (κ1) is 18.0. The van der Waals surface area contributed by atoms with Gasteiger partial charge < -0.3 is 10.1 Å². The van der Waals surface area contributed by atoms with Crippen molar-refractivity contribution in [3.8, 4) is 0 Å². The highest BCUT2D eigenvalue weighted by Gasteiger charge is 2.23. The fraction of sp³-hybridized carbons (Fsp3) is 0.316. The van der Waals surface area contributed by atoms with E-state index in [1.165, 1.54) is 12.1 Å². The molecule has 6 heteroatoms. The molecule has 0 aliphatic carbocycles. The number of aryl methyl sites for hydroxylation is 1. The molecular weight excluding hydrogens is 387 g/mol. The quantitative estimate of drug-likeness (QED) is 0.836. The third-order valence-corrected chi connectivity index (χ3v) is 5.09. The van der Waals surface area contributed by atoms with Crippen LogP contribution in [0, 0.1) is 12.7 Å². The normalized spacial score (nSPS) is 18.1. The van der Waals surface area contributed by atoms with Gasteiger partial charge in [-0.05, 0) is 48.4 Å². The molecular formula is C19H20BrFN2O2. The molecule has 2 aromatic rings. The van der Waals surface area contributed by atoms with Gasteiger partial charge in [0, 0.05) is 23.2 Å². The number of carbonyl (C=O) groups excluding carboxylic acids is 1. The summed E-state index contributed by atoms with van der Waals surface area (Å²) < 4.78 is 19.8. The number of nitrogens with zero attached hydrogens (tertiary/aromatic N) is 1. The minimum absolute atomic E-state index is 0.0542. The number of rotatable bonds is 4. The molecule has 0 bridgehead atoms. The molecule has 2 aromatic carbocycles. The zero-order chi connectivity index (χ0) is 17.8. The van der Waals surface area contributed by atoms with Crippen LogP contribution in [-0.2, 0) is 9.53 Å². The highest BCUT2D eigenvalue weighted by atomic mass is 79.9. The van der Waals surface area contributed by atoms with Gasteiger partial charge in [0.1, 0.15) is 5.82 Å². The molecule has 1 amide bonds. The molecule has 0 spiro atoms. The van der Waals surface area contributed by atoms with Crippen molar-refractivity contribution in [3.05, 3.63) is 63.9 Å². The Kier molecular flexibility index (Phi) is 5.83. The summed E-state index contributed by atoms with van der Waals surface area (Å²) in [6.07, 6.45) is -0.142. The number of ether oxygens (including phenoxy) is 1. The van der Waals surface area contributed by atoms with Gasteiger partial charge in [-0.15, -0.1) is 0 Å². The Labute approximate surface area is 155 Å². The van der Waals surface area contributed by atoms with Crippen molar-refractivity contribution in [2.24, 2.45) is 0 Å². The third-order valence-electron chi connectivity index (χ3n) is 4.20. The van der Waals surface area contributed by atoms with Crippen LogP contribution in [0.15, 0.2) is 46.9 Å². The summed E-state index contributed by atoms with van der Waals surface area (Å²) in [5.74, 6) is -0.318. The van der Waals surface area contributed by atoms with Gasteiger partial charge in [-0.25, -0.2) is 4.39 Å². The Morgan fingerprint density at radius 1 is 1.32 bits per heavy atom. The van der Waals surface area contributed by atoms with Crippen molar-refractivity contribution in [2.75, 3.05) is 31.6 Å². The smallest absolute Gasteiger partial charge is 0.238 e. The van der Waals surface area contributed by atoms with Crippen LogP contribution in [0.25, 0.3) is 0 Å². The molecule has 1 atom stereocenters. The Bertz CT molecular complexity index is 752. The van der Waals surface area contributed by atoms with Crippen LogP contribution < -0.4 is 5.32 Å². The molecule has 1 aliphatic rings. The average Bonchev–Trinajstić information content (AvgIpc) is 2.59. The van der Waals surface area contributed by atoms with Crippen molar-refractivity contribution in [1.29, 1.82) is 0 Å². The maximum atomic E-state index is 13.1. The zero-order valence-corrected chi connectivity index (χ0v) is 15.6. The molecule has 0 saturated carbocycles. The number of hydrogen-bond donors (Lipinski definition) is 1. The molecule has 1 N–H and O–H groups in total. The Morgan fingerprint density at radius 3 is 2.80 bits per heavy atom. The van der Waals surface area contributed by atoms with Crippen molar-refractivity contribution >= 4 is 27.5 Å². The number of halogens is 2. The highest BCUT2D eigenvalue weighted by molar-refractivity contribution is 9.10. The Morgan fingerprint density at radius 2 is 2.08 bits per heavy atom. The van der Waals surface area contributed by atoms with E-state index in [9.17, 15) is 9.18 Å². The molecule has 1 heterocycles. The van der Waals surface area contributed by atoms with Crippen molar-refractivity contribution in [3.63, 3.8) is 0 Å². The number of amides is 1. The van der Waals surface area contributed by atoms with Crippen molar-refractivity contribution in [1.82, 2.24) is 4.90 Å². The van der Waals surface area contributed by atoms with Gasteiger partial charge in [-0.3, -0.25) is 9.69 Å². The first-order chi connectivity index (χ1) is 12.0. The molecule has 0 aromatic heterocycles. The summed E-state index contributed by atoms with van der Waals surface area (Å²) >= 11 is 3.45. The Hall–Kier alpha value is -1.76. The fourth-order valence-corrected chi connectivity index (χ4v) is 3.10. The van der Waals surface area contributed by atoms with Crippen molar-refractivity contribution in [2.45, 2.75) is 13.0 Å². The predicted octanol–water partition coefficient (Wildman–Crippen LogP) is 3.91. The summed E-state index contributed by atoms with van der Waals surface area (Å²) in [4.78, 5) is 14.4. The van der Waals surface area contributed by atoms with E-state index in [0.29, 0.717) is 26.2 Å². The minimum atomic E-state index is -0.263. The SMILES string of the molecule is Cc1cc(NC(=O)CN2CCOC(c3ccc(F)cc3)C2)ccc1Br. The zero-order valence-electron chi connectivity index (χ0n) is 14.0.